The molecule has 1 unspecified atom stereocenters. The Labute approximate surface area is 191 Å². The molecule has 1 atom stereocenters. The number of fused-ring (bicyclic) bond motifs is 1. The molecule has 8 heteroatoms. The molecule has 1 aliphatic heterocycles. The largest absolute Gasteiger partial charge is 0.333 e. The number of benzene rings is 2. The van der Waals surface area contributed by atoms with E-state index in [1.54, 1.807) is 24.1 Å². The second-order valence-corrected chi connectivity index (χ2v) is 7.91. The number of benzodiazepines with no additional fused rings is 1. The normalized spacial score (nSPS) is 15.6. The Balaban J connectivity index is 1.71. The van der Waals surface area contributed by atoms with Crippen molar-refractivity contribution in [2.75, 3.05) is 17.3 Å². The molecule has 1 aromatic heterocycles. The van der Waals surface area contributed by atoms with E-state index in [2.05, 4.69) is 15.6 Å². The topological polar surface area (TPSA) is 69.6 Å². The molecule has 31 heavy (non-hydrogen) atoms. The maximum absolute atomic E-state index is 13.2. The lowest BCUT2D eigenvalue weighted by Crippen LogP contribution is -2.47. The van der Waals surface area contributed by atoms with Crippen molar-refractivity contribution in [3.8, 4) is 0 Å². The second-order valence-electron chi connectivity index (χ2n) is 7.07. The van der Waals surface area contributed by atoms with Crippen LogP contribution >= 0.6 is 23.8 Å². The highest BCUT2D eigenvalue weighted by molar-refractivity contribution is 7.80. The van der Waals surface area contributed by atoms with Crippen LogP contribution in [0.15, 0.2) is 71.7 Å². The molecule has 4 rings (SSSR count). The fraction of sp³-hybridized carbons (Fsp3) is 0.130. The van der Waals surface area contributed by atoms with Crippen LogP contribution in [0.4, 0.5) is 11.5 Å². The average Bonchev–Trinajstić information content (AvgIpc) is 2.85. The van der Waals surface area contributed by atoms with Crippen LogP contribution in [0, 0.1) is 6.92 Å². The van der Waals surface area contributed by atoms with Gasteiger partial charge in [0.05, 0.1) is 11.4 Å². The Bertz CT molecular complexity index is 1180. The number of halogens is 1. The zero-order valence-electron chi connectivity index (χ0n) is 17.0. The van der Waals surface area contributed by atoms with Crippen molar-refractivity contribution in [2.45, 2.75) is 13.1 Å². The van der Waals surface area contributed by atoms with Crippen molar-refractivity contribution >= 4 is 52.1 Å². The molecule has 6 nitrogen and oxygen atoms in total. The number of likely N-dealkylation sites (N-methyl/N-ethyl adjacent to an activating group) is 1. The average molecular weight is 450 g/mol. The summed E-state index contributed by atoms with van der Waals surface area (Å²) in [4.78, 5) is 23.9. The minimum Gasteiger partial charge on any atom is -0.333 e. The number of hydrogen-bond donors (Lipinski definition) is 2. The van der Waals surface area contributed by atoms with Gasteiger partial charge in [-0.15, -0.1) is 0 Å². The Hall–Kier alpha value is -3.29. The first-order chi connectivity index (χ1) is 14.9. The summed E-state index contributed by atoms with van der Waals surface area (Å²) in [6, 6.07) is 20.7. The Morgan fingerprint density at radius 3 is 2.61 bits per heavy atom. The molecule has 2 aromatic carbocycles. The van der Waals surface area contributed by atoms with Gasteiger partial charge >= 0.3 is 0 Å². The molecule has 3 aromatic rings. The van der Waals surface area contributed by atoms with E-state index in [0.717, 1.165) is 22.5 Å². The van der Waals surface area contributed by atoms with Crippen LogP contribution in [0.1, 0.15) is 16.8 Å². The molecule has 2 heterocycles. The third kappa shape index (κ3) is 4.57. The molecule has 1 amide bonds. The van der Waals surface area contributed by atoms with E-state index in [9.17, 15) is 4.79 Å². The number of carbonyl (C=O) groups is 1. The highest BCUT2D eigenvalue weighted by atomic mass is 35.5. The van der Waals surface area contributed by atoms with Gasteiger partial charge in [0.2, 0.25) is 6.17 Å². The van der Waals surface area contributed by atoms with Crippen molar-refractivity contribution in [3.63, 3.8) is 0 Å². The number of amides is 1. The van der Waals surface area contributed by atoms with Crippen molar-refractivity contribution in [3.05, 3.63) is 88.6 Å². The summed E-state index contributed by atoms with van der Waals surface area (Å²) in [6.45, 7) is 1.89. The van der Waals surface area contributed by atoms with Crippen molar-refractivity contribution in [2.24, 2.45) is 4.99 Å². The molecule has 0 aliphatic carbocycles. The first-order valence-corrected chi connectivity index (χ1v) is 10.4. The number of carbonyl (C=O) groups excluding carboxylic acids is 1. The van der Waals surface area contributed by atoms with E-state index in [0.29, 0.717) is 16.6 Å². The molecular formula is C23H20ClN5OS. The minimum absolute atomic E-state index is 0.240. The van der Waals surface area contributed by atoms with Gasteiger partial charge in [0.15, 0.2) is 5.11 Å². The molecule has 0 bridgehead atoms. The van der Waals surface area contributed by atoms with Gasteiger partial charge in [0.25, 0.3) is 5.91 Å². The van der Waals surface area contributed by atoms with E-state index in [-0.39, 0.29) is 11.0 Å². The lowest BCUT2D eigenvalue weighted by Gasteiger charge is -2.22. The van der Waals surface area contributed by atoms with E-state index in [4.69, 9.17) is 28.8 Å². The van der Waals surface area contributed by atoms with Crippen LogP contribution < -0.4 is 15.5 Å². The minimum atomic E-state index is -0.920. The van der Waals surface area contributed by atoms with Crippen LogP contribution in [0.5, 0.6) is 0 Å². The van der Waals surface area contributed by atoms with Gasteiger partial charge < -0.3 is 15.5 Å². The number of hydrogen-bond acceptors (Lipinski definition) is 4. The number of aryl methyl sites for hydroxylation is 1. The molecule has 0 spiro atoms. The van der Waals surface area contributed by atoms with Gasteiger partial charge in [-0.05, 0) is 49.5 Å². The van der Waals surface area contributed by atoms with Crippen LogP contribution in [0.3, 0.4) is 0 Å². The highest BCUT2D eigenvalue weighted by Gasteiger charge is 2.30. The van der Waals surface area contributed by atoms with Gasteiger partial charge in [-0.3, -0.25) is 4.79 Å². The quantitative estimate of drug-likeness (QED) is 0.587. The second kappa shape index (κ2) is 8.83. The number of thiocarbonyl (C=S) groups is 1. The van der Waals surface area contributed by atoms with E-state index < -0.39 is 6.17 Å². The third-order valence-electron chi connectivity index (χ3n) is 4.84. The van der Waals surface area contributed by atoms with Crippen LogP contribution in [0.25, 0.3) is 0 Å². The SMILES string of the molecule is Cc1cccc(NC(=S)NC2N=C(c3ccccc3)c3cc(Cl)ccc3N(C)C2=O)n1. The van der Waals surface area contributed by atoms with Gasteiger partial charge in [-0.2, -0.15) is 0 Å². The predicted octanol–water partition coefficient (Wildman–Crippen LogP) is 4.17. The number of pyridine rings is 1. The first kappa shape index (κ1) is 21.0. The maximum atomic E-state index is 13.2. The number of rotatable bonds is 3. The molecule has 0 saturated heterocycles. The highest BCUT2D eigenvalue weighted by Crippen LogP contribution is 2.29. The van der Waals surface area contributed by atoms with Gasteiger partial charge in [-0.25, -0.2) is 9.98 Å². The fourth-order valence-electron chi connectivity index (χ4n) is 3.36. The Morgan fingerprint density at radius 1 is 1.10 bits per heavy atom. The van der Waals surface area contributed by atoms with Crippen LogP contribution in [-0.4, -0.2) is 34.9 Å². The fourth-order valence-corrected chi connectivity index (χ4v) is 3.74. The molecular weight excluding hydrogens is 430 g/mol. The zero-order chi connectivity index (χ0) is 22.0. The summed E-state index contributed by atoms with van der Waals surface area (Å²) in [5.41, 5.74) is 3.89. The zero-order valence-corrected chi connectivity index (χ0v) is 18.5. The van der Waals surface area contributed by atoms with Crippen LogP contribution in [0.2, 0.25) is 5.02 Å². The van der Waals surface area contributed by atoms with Crippen molar-refractivity contribution in [1.82, 2.24) is 10.3 Å². The molecule has 0 fully saturated rings. The summed E-state index contributed by atoms with van der Waals surface area (Å²) in [7, 11) is 1.71. The third-order valence-corrected chi connectivity index (χ3v) is 5.30. The summed E-state index contributed by atoms with van der Waals surface area (Å²) in [5.74, 6) is 0.352. The monoisotopic (exact) mass is 449 g/mol. The van der Waals surface area contributed by atoms with E-state index >= 15 is 0 Å². The first-order valence-electron chi connectivity index (χ1n) is 9.64. The summed E-state index contributed by atoms with van der Waals surface area (Å²) in [5, 5.41) is 6.87. The molecule has 0 saturated carbocycles. The number of aromatic nitrogens is 1. The predicted molar refractivity (Wildman–Crippen MR) is 129 cm³/mol. The van der Waals surface area contributed by atoms with Crippen LogP contribution in [-0.2, 0) is 4.79 Å². The molecule has 0 radical (unpaired) electrons. The molecule has 156 valence electrons. The number of aliphatic imine (C=N–C) groups is 1. The van der Waals surface area contributed by atoms with Gasteiger partial charge in [-0.1, -0.05) is 48.0 Å². The number of anilines is 2. The van der Waals surface area contributed by atoms with E-state index in [1.165, 1.54) is 0 Å². The van der Waals surface area contributed by atoms with Crippen molar-refractivity contribution in [1.29, 1.82) is 0 Å². The molecule has 1 aliphatic rings. The smallest absolute Gasteiger partial charge is 0.272 e. The van der Waals surface area contributed by atoms with Gasteiger partial charge in [0, 0.05) is 28.9 Å². The maximum Gasteiger partial charge on any atom is 0.272 e. The Kier molecular flexibility index (Phi) is 5.97. The number of nitrogens with zero attached hydrogens (tertiary/aromatic N) is 3. The molecule has 2 N–H and O–H groups in total. The summed E-state index contributed by atoms with van der Waals surface area (Å²) >= 11 is 11.7. The lowest BCUT2D eigenvalue weighted by atomic mass is 10.0. The Morgan fingerprint density at radius 2 is 1.87 bits per heavy atom. The van der Waals surface area contributed by atoms with Crippen molar-refractivity contribution < 1.29 is 4.79 Å². The summed E-state index contributed by atoms with van der Waals surface area (Å²) in [6.07, 6.45) is -0.920. The van der Waals surface area contributed by atoms with Gasteiger partial charge in [0.1, 0.15) is 5.82 Å². The van der Waals surface area contributed by atoms with E-state index in [1.807, 2.05) is 61.5 Å². The number of nitrogens with one attached hydrogen (secondary N) is 2. The standard InChI is InChI=1S/C23H20ClN5OS/c1-14-7-6-10-19(25-14)26-23(31)28-21-22(30)29(2)18-12-11-16(24)13-17(18)20(27-21)15-8-4-3-5-9-15/h3-13,21H,1-2H3,(H2,25,26,28,31). The lowest BCUT2D eigenvalue weighted by molar-refractivity contribution is -0.119. The summed E-state index contributed by atoms with van der Waals surface area (Å²) < 4.78 is 0.